The number of piperazine rings is 1. The molecule has 11 nitrogen and oxygen atoms in total. The van der Waals surface area contributed by atoms with Gasteiger partial charge in [0.05, 0.1) is 19.0 Å². The molecule has 0 bridgehead atoms. The van der Waals surface area contributed by atoms with Crippen LogP contribution in [-0.4, -0.2) is 104 Å². The monoisotopic (exact) mass is 466 g/mol. The number of aryl methyl sites for hydroxylation is 1. The number of rotatable bonds is 6. The van der Waals surface area contributed by atoms with E-state index in [9.17, 15) is 18.0 Å². The summed E-state index contributed by atoms with van der Waals surface area (Å²) >= 11 is 0. The summed E-state index contributed by atoms with van der Waals surface area (Å²) < 4.78 is 32.5. The number of ether oxygens (including phenoxy) is 1. The molecule has 0 spiro atoms. The highest BCUT2D eigenvalue weighted by Crippen LogP contribution is 2.21. The van der Waals surface area contributed by atoms with E-state index >= 15 is 0 Å². The molecule has 0 aromatic carbocycles. The quantitative estimate of drug-likeness (QED) is 0.517. The molecule has 2 amide bonds. The molecule has 176 valence electrons. The lowest BCUT2D eigenvalue weighted by Crippen LogP contribution is -2.51. The van der Waals surface area contributed by atoms with Gasteiger partial charge in [-0.25, -0.2) is 13.4 Å². The first-order chi connectivity index (χ1) is 15.3. The van der Waals surface area contributed by atoms with Gasteiger partial charge in [0.2, 0.25) is 27.8 Å². The lowest BCUT2D eigenvalue weighted by molar-refractivity contribution is -0.147. The first-order valence-corrected chi connectivity index (χ1v) is 12.7. The lowest BCUT2D eigenvalue weighted by atomic mass is 10.1. The molecular weight excluding hydrogens is 436 g/mol. The Hall–Kier alpha value is -2.31. The van der Waals surface area contributed by atoms with Gasteiger partial charge in [-0.15, -0.1) is 0 Å². The van der Waals surface area contributed by atoms with Gasteiger partial charge in [-0.2, -0.15) is 9.29 Å². The molecule has 0 radical (unpaired) electrons. The van der Waals surface area contributed by atoms with Gasteiger partial charge < -0.3 is 14.5 Å². The fourth-order valence-corrected chi connectivity index (χ4v) is 5.57. The van der Waals surface area contributed by atoms with Crippen molar-refractivity contribution < 1.29 is 22.7 Å². The molecule has 4 rings (SSSR count). The van der Waals surface area contributed by atoms with E-state index in [0.29, 0.717) is 64.6 Å². The first kappa shape index (κ1) is 22.9. The third-order valence-corrected chi connectivity index (χ3v) is 7.89. The minimum absolute atomic E-state index is 0.0752. The van der Waals surface area contributed by atoms with Crippen molar-refractivity contribution in [1.82, 2.24) is 19.2 Å². The second-order valence-corrected chi connectivity index (χ2v) is 10.4. The number of anilines is 2. The number of sulfonamides is 1. The maximum atomic E-state index is 12.8. The highest BCUT2D eigenvalue weighted by molar-refractivity contribution is 7.89. The SMILES string of the molecule is Cc1cc(N2CCN(S(=O)(=O)CCN3C(=O)CCCC3=O)CC2)nc(N2CCOCC2)n1. The number of imide groups is 1. The predicted molar refractivity (Wildman–Crippen MR) is 118 cm³/mol. The van der Waals surface area contributed by atoms with Gasteiger partial charge in [0.25, 0.3) is 0 Å². The summed E-state index contributed by atoms with van der Waals surface area (Å²) in [6.45, 7) is 6.34. The fourth-order valence-electron chi connectivity index (χ4n) is 4.18. The average Bonchev–Trinajstić information content (AvgIpc) is 2.79. The number of likely N-dealkylation sites (tertiary alicyclic amines) is 1. The number of hydrogen-bond donors (Lipinski definition) is 0. The Bertz CT molecular complexity index is 941. The molecule has 3 fully saturated rings. The number of nitrogens with zero attached hydrogens (tertiary/aromatic N) is 6. The smallest absolute Gasteiger partial charge is 0.229 e. The number of carbonyl (C=O) groups excluding carboxylic acids is 2. The van der Waals surface area contributed by atoms with Crippen LogP contribution in [-0.2, 0) is 24.3 Å². The van der Waals surface area contributed by atoms with Gasteiger partial charge >= 0.3 is 0 Å². The Morgan fingerprint density at radius 1 is 0.938 bits per heavy atom. The minimum Gasteiger partial charge on any atom is -0.378 e. The van der Waals surface area contributed by atoms with Crippen LogP contribution in [0, 0.1) is 6.92 Å². The Balaban J connectivity index is 1.35. The van der Waals surface area contributed by atoms with Crippen LogP contribution in [0.15, 0.2) is 6.07 Å². The van der Waals surface area contributed by atoms with Gasteiger partial charge in [0.15, 0.2) is 0 Å². The van der Waals surface area contributed by atoms with Crippen LogP contribution in [0.2, 0.25) is 0 Å². The number of piperidine rings is 1. The highest BCUT2D eigenvalue weighted by atomic mass is 32.2. The standard InChI is InChI=1S/C20H30N6O5S/c1-16-15-17(22-20(21-16)24-9-12-31-13-10-24)23-5-7-25(8-6-23)32(29,30)14-11-26-18(27)3-2-4-19(26)28/h15H,2-14H2,1H3. The molecule has 4 heterocycles. The maximum absolute atomic E-state index is 12.8. The molecule has 32 heavy (non-hydrogen) atoms. The number of aromatic nitrogens is 2. The molecule has 3 saturated heterocycles. The summed E-state index contributed by atoms with van der Waals surface area (Å²) in [5.74, 6) is 0.667. The van der Waals surface area contributed by atoms with E-state index in [1.165, 1.54) is 4.31 Å². The third kappa shape index (κ3) is 5.18. The van der Waals surface area contributed by atoms with Crippen LogP contribution in [0.4, 0.5) is 11.8 Å². The van der Waals surface area contributed by atoms with Crippen LogP contribution < -0.4 is 9.80 Å². The summed E-state index contributed by atoms with van der Waals surface area (Å²) in [7, 11) is -3.56. The molecule has 12 heteroatoms. The van der Waals surface area contributed by atoms with E-state index in [-0.39, 0.29) is 24.1 Å². The number of carbonyl (C=O) groups is 2. The third-order valence-electron chi connectivity index (χ3n) is 6.04. The van der Waals surface area contributed by atoms with Crippen molar-refractivity contribution >= 4 is 33.6 Å². The normalized spacial score (nSPS) is 21.3. The van der Waals surface area contributed by atoms with E-state index in [4.69, 9.17) is 9.72 Å². The highest BCUT2D eigenvalue weighted by Gasteiger charge is 2.31. The van der Waals surface area contributed by atoms with Crippen LogP contribution >= 0.6 is 0 Å². The second-order valence-electron chi connectivity index (χ2n) is 8.26. The van der Waals surface area contributed by atoms with Crippen LogP contribution in [0.5, 0.6) is 0 Å². The number of amides is 2. The van der Waals surface area contributed by atoms with Crippen molar-refractivity contribution in [2.45, 2.75) is 26.2 Å². The summed E-state index contributed by atoms with van der Waals surface area (Å²) in [5, 5.41) is 0. The molecule has 3 aliphatic rings. The summed E-state index contributed by atoms with van der Waals surface area (Å²) in [5.41, 5.74) is 0.863. The maximum Gasteiger partial charge on any atom is 0.229 e. The van der Waals surface area contributed by atoms with E-state index < -0.39 is 10.0 Å². The lowest BCUT2D eigenvalue weighted by Gasteiger charge is -2.36. The number of morpholine rings is 1. The second kappa shape index (κ2) is 9.67. The van der Waals surface area contributed by atoms with E-state index in [2.05, 4.69) is 14.8 Å². The van der Waals surface area contributed by atoms with E-state index in [1.54, 1.807) is 0 Å². The molecule has 3 aliphatic heterocycles. The topological polar surface area (TPSA) is 116 Å². The largest absolute Gasteiger partial charge is 0.378 e. The minimum atomic E-state index is -3.56. The van der Waals surface area contributed by atoms with E-state index in [1.807, 2.05) is 13.0 Å². The zero-order chi connectivity index (χ0) is 22.7. The summed E-state index contributed by atoms with van der Waals surface area (Å²) in [4.78, 5) is 38.4. The van der Waals surface area contributed by atoms with Crippen LogP contribution in [0.3, 0.4) is 0 Å². The van der Waals surface area contributed by atoms with Crippen LogP contribution in [0.1, 0.15) is 25.0 Å². The van der Waals surface area contributed by atoms with Crippen molar-refractivity contribution in [3.05, 3.63) is 11.8 Å². The Morgan fingerprint density at radius 2 is 1.59 bits per heavy atom. The molecule has 1 aromatic rings. The van der Waals surface area contributed by atoms with Gasteiger partial charge in [-0.05, 0) is 13.3 Å². The molecule has 0 unspecified atom stereocenters. The molecule has 0 N–H and O–H groups in total. The van der Waals surface area contributed by atoms with Crippen molar-refractivity contribution in [3.63, 3.8) is 0 Å². The molecular formula is C20H30N6O5S. The molecule has 0 aliphatic carbocycles. The average molecular weight is 467 g/mol. The number of hydrogen-bond acceptors (Lipinski definition) is 9. The van der Waals surface area contributed by atoms with Crippen molar-refractivity contribution in [2.24, 2.45) is 0 Å². The van der Waals surface area contributed by atoms with Crippen molar-refractivity contribution in [1.29, 1.82) is 0 Å². The fraction of sp³-hybridized carbons (Fsp3) is 0.700. The Labute approximate surface area is 188 Å². The van der Waals surface area contributed by atoms with Crippen molar-refractivity contribution in [3.8, 4) is 0 Å². The van der Waals surface area contributed by atoms with Gasteiger partial charge in [0.1, 0.15) is 5.82 Å². The zero-order valence-electron chi connectivity index (χ0n) is 18.4. The Kier molecular flexibility index (Phi) is 6.91. The summed E-state index contributed by atoms with van der Waals surface area (Å²) in [6, 6.07) is 1.92. The van der Waals surface area contributed by atoms with E-state index in [0.717, 1.165) is 29.5 Å². The molecule has 0 saturated carbocycles. The Morgan fingerprint density at radius 3 is 2.25 bits per heavy atom. The summed E-state index contributed by atoms with van der Waals surface area (Å²) in [6.07, 6.45) is 1.14. The molecule has 1 aromatic heterocycles. The van der Waals surface area contributed by atoms with Crippen LogP contribution in [0.25, 0.3) is 0 Å². The van der Waals surface area contributed by atoms with Gasteiger partial charge in [-0.1, -0.05) is 0 Å². The molecule has 0 atom stereocenters. The van der Waals surface area contributed by atoms with Gasteiger partial charge in [0, 0.05) is 70.4 Å². The first-order valence-electron chi connectivity index (χ1n) is 11.1. The van der Waals surface area contributed by atoms with Gasteiger partial charge in [-0.3, -0.25) is 14.5 Å². The van der Waals surface area contributed by atoms with Crippen molar-refractivity contribution in [2.75, 3.05) is 74.6 Å². The zero-order valence-corrected chi connectivity index (χ0v) is 19.2. The predicted octanol–water partition coefficient (Wildman–Crippen LogP) is -0.387.